The van der Waals surface area contributed by atoms with E-state index in [1.165, 1.54) is 0 Å². The maximum Gasteiger partial charge on any atom is 0.327 e. The highest BCUT2D eigenvalue weighted by molar-refractivity contribution is 5.79. The molecule has 0 fully saturated rings. The predicted octanol–water partition coefficient (Wildman–Crippen LogP) is 2.40. The van der Waals surface area contributed by atoms with Crippen molar-refractivity contribution in [3.8, 4) is 0 Å². The molecule has 0 rings (SSSR count). The number of carboxylic acid groups (broad SMARTS) is 1. The van der Waals surface area contributed by atoms with Crippen LogP contribution in [0.15, 0.2) is 37.5 Å². The van der Waals surface area contributed by atoms with Gasteiger partial charge in [-0.1, -0.05) is 18.2 Å². The third-order valence-corrected chi connectivity index (χ3v) is 1.45. The van der Waals surface area contributed by atoms with Crippen molar-refractivity contribution in [3.05, 3.63) is 37.5 Å². The molecule has 0 aliphatic heterocycles. The molecule has 0 saturated carbocycles. The van der Waals surface area contributed by atoms with Crippen LogP contribution in [-0.2, 0) is 4.79 Å². The Hall–Kier alpha value is -1.31. The Kier molecular flexibility index (Phi) is 5.70. The Morgan fingerprint density at radius 2 is 1.83 bits per heavy atom. The molecule has 0 radical (unpaired) electrons. The van der Waals surface area contributed by atoms with Gasteiger partial charge in [-0.05, 0) is 18.8 Å². The van der Waals surface area contributed by atoms with E-state index in [9.17, 15) is 4.79 Å². The molecule has 0 bridgehead atoms. The van der Waals surface area contributed by atoms with Gasteiger partial charge in [-0.25, -0.2) is 4.79 Å². The van der Waals surface area contributed by atoms with Crippen molar-refractivity contribution in [2.24, 2.45) is 5.92 Å². The highest BCUT2D eigenvalue weighted by atomic mass is 16.4. The summed E-state index contributed by atoms with van der Waals surface area (Å²) in [5, 5.41) is 8.36. The molecule has 0 atom stereocenters. The molecule has 2 nitrogen and oxygen atoms in total. The van der Waals surface area contributed by atoms with Crippen LogP contribution in [0.2, 0.25) is 0 Å². The van der Waals surface area contributed by atoms with E-state index >= 15 is 0 Å². The molecule has 12 heavy (non-hydrogen) atoms. The van der Waals surface area contributed by atoms with Crippen molar-refractivity contribution in [1.29, 1.82) is 0 Å². The zero-order valence-corrected chi connectivity index (χ0v) is 7.07. The van der Waals surface area contributed by atoms with Crippen molar-refractivity contribution in [1.82, 2.24) is 0 Å². The van der Waals surface area contributed by atoms with Gasteiger partial charge in [-0.2, -0.15) is 0 Å². The van der Waals surface area contributed by atoms with Crippen molar-refractivity contribution < 1.29 is 9.90 Å². The van der Waals surface area contributed by atoms with Gasteiger partial charge in [0.2, 0.25) is 0 Å². The fourth-order valence-corrected chi connectivity index (χ4v) is 0.900. The van der Waals surface area contributed by atoms with Crippen LogP contribution in [0.1, 0.15) is 12.8 Å². The van der Waals surface area contributed by atoms with Crippen LogP contribution < -0.4 is 0 Å². The average Bonchev–Trinajstić information content (AvgIpc) is 2.01. The molecule has 0 heterocycles. The van der Waals surface area contributed by atoms with Gasteiger partial charge in [-0.3, -0.25) is 0 Å². The van der Waals surface area contributed by atoms with Crippen molar-refractivity contribution >= 4 is 5.97 Å². The van der Waals surface area contributed by atoms with Crippen LogP contribution in [0, 0.1) is 5.92 Å². The molecule has 0 saturated heterocycles. The monoisotopic (exact) mass is 166 g/mol. The van der Waals surface area contributed by atoms with Crippen LogP contribution >= 0.6 is 0 Å². The second-order valence-electron chi connectivity index (χ2n) is 2.51. The minimum atomic E-state index is -0.909. The van der Waals surface area contributed by atoms with E-state index in [0.717, 1.165) is 18.9 Å². The zero-order chi connectivity index (χ0) is 9.40. The Balaban J connectivity index is 4.00. The van der Waals surface area contributed by atoms with E-state index in [4.69, 9.17) is 5.11 Å². The number of aliphatic carboxylic acids is 1. The average molecular weight is 166 g/mol. The molecule has 0 aliphatic carbocycles. The number of carboxylic acids is 1. The van der Waals surface area contributed by atoms with Crippen LogP contribution in [0.25, 0.3) is 0 Å². The van der Waals surface area contributed by atoms with Gasteiger partial charge in [0.1, 0.15) is 0 Å². The number of allylic oxidation sites excluding steroid dienone is 3. The minimum Gasteiger partial charge on any atom is -0.478 e. The Morgan fingerprint density at radius 1 is 1.33 bits per heavy atom. The number of hydrogen-bond donors (Lipinski definition) is 1. The van der Waals surface area contributed by atoms with Crippen molar-refractivity contribution in [2.45, 2.75) is 12.8 Å². The predicted molar refractivity (Wildman–Crippen MR) is 49.9 cm³/mol. The molecule has 0 aromatic rings. The lowest BCUT2D eigenvalue weighted by Gasteiger charge is -2.04. The van der Waals surface area contributed by atoms with Crippen LogP contribution in [0.3, 0.4) is 0 Å². The molecule has 0 amide bonds. The molecule has 66 valence electrons. The standard InChI is InChI=1S/C10H14O2/c1-3-5-9(6-4-2)7-8-10(11)12/h3-4,7-9H,1-2,5-6H2,(H,11,12). The van der Waals surface area contributed by atoms with Crippen LogP contribution in [0.4, 0.5) is 0 Å². The summed E-state index contributed by atoms with van der Waals surface area (Å²) in [6, 6.07) is 0. The Labute approximate surface area is 72.9 Å². The van der Waals surface area contributed by atoms with Gasteiger partial charge in [0.05, 0.1) is 0 Å². The van der Waals surface area contributed by atoms with Gasteiger partial charge in [0.15, 0.2) is 0 Å². The largest absolute Gasteiger partial charge is 0.478 e. The van der Waals surface area contributed by atoms with E-state index in [1.807, 2.05) is 0 Å². The second kappa shape index (κ2) is 6.40. The summed E-state index contributed by atoms with van der Waals surface area (Å²) in [5.74, 6) is -0.691. The summed E-state index contributed by atoms with van der Waals surface area (Å²) in [4.78, 5) is 10.2. The Bertz CT molecular complexity index is 182. The quantitative estimate of drug-likeness (QED) is 0.486. The molecular weight excluding hydrogens is 152 g/mol. The van der Waals surface area contributed by atoms with E-state index in [1.54, 1.807) is 18.2 Å². The second-order valence-corrected chi connectivity index (χ2v) is 2.51. The topological polar surface area (TPSA) is 37.3 Å². The van der Waals surface area contributed by atoms with Crippen LogP contribution in [0.5, 0.6) is 0 Å². The third-order valence-electron chi connectivity index (χ3n) is 1.45. The fourth-order valence-electron chi connectivity index (χ4n) is 0.900. The first kappa shape index (κ1) is 10.7. The molecule has 2 heteroatoms. The first-order valence-electron chi connectivity index (χ1n) is 3.83. The number of hydrogen-bond acceptors (Lipinski definition) is 1. The van der Waals surface area contributed by atoms with Gasteiger partial charge in [0.25, 0.3) is 0 Å². The molecule has 0 spiro atoms. The number of carbonyl (C=O) groups is 1. The van der Waals surface area contributed by atoms with Crippen molar-refractivity contribution in [2.75, 3.05) is 0 Å². The molecule has 0 aromatic heterocycles. The van der Waals surface area contributed by atoms with Crippen LogP contribution in [-0.4, -0.2) is 11.1 Å². The summed E-state index contributed by atoms with van der Waals surface area (Å²) >= 11 is 0. The first-order valence-corrected chi connectivity index (χ1v) is 3.83. The lowest BCUT2D eigenvalue weighted by Crippen LogP contribution is -1.95. The maximum atomic E-state index is 10.2. The summed E-state index contributed by atoms with van der Waals surface area (Å²) < 4.78 is 0. The lowest BCUT2D eigenvalue weighted by molar-refractivity contribution is -0.131. The minimum absolute atomic E-state index is 0.219. The fraction of sp³-hybridized carbons (Fsp3) is 0.300. The van der Waals surface area contributed by atoms with E-state index in [-0.39, 0.29) is 5.92 Å². The first-order chi connectivity index (χ1) is 5.70. The normalized spacial score (nSPS) is 10.4. The number of rotatable bonds is 6. The SMILES string of the molecule is C=CCC(C=CC(=O)O)CC=C. The molecule has 0 aromatic carbocycles. The van der Waals surface area contributed by atoms with Crippen molar-refractivity contribution in [3.63, 3.8) is 0 Å². The van der Waals surface area contributed by atoms with Gasteiger partial charge in [0, 0.05) is 6.08 Å². The molecule has 0 unspecified atom stereocenters. The summed E-state index contributed by atoms with van der Waals surface area (Å²) in [7, 11) is 0. The zero-order valence-electron chi connectivity index (χ0n) is 7.07. The van der Waals surface area contributed by atoms with E-state index in [2.05, 4.69) is 13.2 Å². The highest BCUT2D eigenvalue weighted by Crippen LogP contribution is 2.10. The summed E-state index contributed by atoms with van der Waals surface area (Å²) in [6.07, 6.45) is 7.97. The van der Waals surface area contributed by atoms with Gasteiger partial charge < -0.3 is 5.11 Å². The molecular formula is C10H14O2. The highest BCUT2D eigenvalue weighted by Gasteiger charge is 1.99. The molecule has 0 aliphatic rings. The summed E-state index contributed by atoms with van der Waals surface area (Å²) in [5.41, 5.74) is 0. The van der Waals surface area contributed by atoms with E-state index in [0.29, 0.717) is 0 Å². The smallest absolute Gasteiger partial charge is 0.327 e. The summed E-state index contributed by atoms with van der Waals surface area (Å²) in [6.45, 7) is 7.19. The van der Waals surface area contributed by atoms with Gasteiger partial charge >= 0.3 is 5.97 Å². The Morgan fingerprint density at radius 3 is 2.17 bits per heavy atom. The maximum absolute atomic E-state index is 10.2. The van der Waals surface area contributed by atoms with E-state index < -0.39 is 5.97 Å². The van der Waals surface area contributed by atoms with Gasteiger partial charge in [-0.15, -0.1) is 13.2 Å². The molecule has 1 N–H and O–H groups in total. The third kappa shape index (κ3) is 5.47. The lowest BCUT2D eigenvalue weighted by atomic mass is 10.0.